The molecular weight excluding hydrogens is 408 g/mol. The fourth-order valence-corrected chi connectivity index (χ4v) is 3.07. The van der Waals surface area contributed by atoms with Crippen LogP contribution in [0.2, 0.25) is 0 Å². The van der Waals surface area contributed by atoms with Gasteiger partial charge in [0.25, 0.3) is 0 Å². The largest absolute Gasteiger partial charge is 1.00 e. The van der Waals surface area contributed by atoms with Gasteiger partial charge in [-0.05, 0) is 34.9 Å². The molecule has 0 unspecified atom stereocenters. The van der Waals surface area contributed by atoms with E-state index in [-0.39, 0.29) is 22.4 Å². The number of quaternary nitrogens is 1. The fourth-order valence-electron chi connectivity index (χ4n) is 3.07. The second-order valence-electron chi connectivity index (χ2n) is 10.1. The molecule has 0 atom stereocenters. The first-order valence-corrected chi connectivity index (χ1v) is 8.96. The van der Waals surface area contributed by atoms with E-state index in [0.29, 0.717) is 11.2 Å². The summed E-state index contributed by atoms with van der Waals surface area (Å²) in [7, 11) is 9.26. The van der Waals surface area contributed by atoms with Crippen LogP contribution in [-0.4, -0.2) is 55.8 Å². The van der Waals surface area contributed by atoms with Gasteiger partial charge in [-0.3, -0.25) is 0 Å². The number of carbonyl (C=O) groups excluding carboxylic acids is 1. The first-order chi connectivity index (χ1) is 11.4. The van der Waals surface area contributed by atoms with Crippen molar-refractivity contribution in [3.63, 3.8) is 0 Å². The quantitative estimate of drug-likeness (QED) is 0.673. The Balaban J connectivity index is 0. The van der Waals surface area contributed by atoms with E-state index < -0.39 is 6.09 Å². The van der Waals surface area contributed by atoms with Gasteiger partial charge in [0.15, 0.2) is 0 Å². The molecule has 0 fully saturated rings. The summed E-state index contributed by atoms with van der Waals surface area (Å²) in [6, 6.07) is 6.11. The predicted octanol–water partition coefficient (Wildman–Crippen LogP) is 0.208. The second kappa shape index (κ2) is 10.3. The highest BCUT2D eigenvalue weighted by molar-refractivity contribution is 5.61. The highest BCUT2D eigenvalue weighted by Gasteiger charge is 2.28. The van der Waals surface area contributed by atoms with Gasteiger partial charge in [0.2, 0.25) is 0 Å². The van der Waals surface area contributed by atoms with Gasteiger partial charge in [0.05, 0.1) is 21.1 Å². The van der Waals surface area contributed by atoms with E-state index in [1.165, 1.54) is 19.7 Å². The molecule has 1 aromatic carbocycles. The number of halogens is 1. The van der Waals surface area contributed by atoms with Crippen LogP contribution in [0.5, 0.6) is 5.75 Å². The Morgan fingerprint density at radius 2 is 1.56 bits per heavy atom. The molecule has 158 valence electrons. The minimum atomic E-state index is -1.16. The van der Waals surface area contributed by atoms with Gasteiger partial charge in [-0.25, -0.2) is 0 Å². The van der Waals surface area contributed by atoms with Gasteiger partial charge in [0, 0.05) is 19.7 Å². The van der Waals surface area contributed by atoms with Crippen molar-refractivity contribution in [2.24, 2.45) is 5.41 Å². The van der Waals surface area contributed by atoms with Gasteiger partial charge in [0.1, 0.15) is 18.4 Å². The van der Waals surface area contributed by atoms with E-state index in [1.807, 2.05) is 6.07 Å². The number of benzene rings is 1. The molecule has 6 heteroatoms. The van der Waals surface area contributed by atoms with Crippen LogP contribution in [0.25, 0.3) is 0 Å². The summed E-state index contributed by atoms with van der Waals surface area (Å²) in [4.78, 5) is 10.5. The van der Waals surface area contributed by atoms with E-state index >= 15 is 0 Å². The maximum absolute atomic E-state index is 10.1. The molecule has 0 aliphatic rings. The van der Waals surface area contributed by atoms with Crippen molar-refractivity contribution in [3.05, 3.63) is 29.3 Å². The monoisotopic (exact) mass is 445 g/mol. The third-order valence-corrected chi connectivity index (χ3v) is 3.84. The minimum absolute atomic E-state index is 0. The van der Waals surface area contributed by atoms with Crippen LogP contribution in [0.1, 0.15) is 52.2 Å². The lowest BCUT2D eigenvalue weighted by Crippen LogP contribution is -3.00. The van der Waals surface area contributed by atoms with Crippen LogP contribution in [-0.2, 0) is 12.0 Å². The normalized spacial score (nSPS) is 11.8. The zero-order valence-electron chi connectivity index (χ0n) is 18.7. The molecule has 27 heavy (non-hydrogen) atoms. The summed E-state index contributed by atoms with van der Waals surface area (Å²) in [5, 5.41) is 19.6. The van der Waals surface area contributed by atoms with E-state index in [4.69, 9.17) is 0 Å². The number of phenols is 1. The molecular formula is C21H38BrN2O3-. The van der Waals surface area contributed by atoms with E-state index in [2.05, 4.69) is 67.9 Å². The molecule has 0 bridgehead atoms. The number of aromatic hydroxyl groups is 1. The molecule has 0 aliphatic carbocycles. The first kappa shape index (κ1) is 27.9. The summed E-state index contributed by atoms with van der Waals surface area (Å²) < 4.78 is 0.816. The predicted molar refractivity (Wildman–Crippen MR) is 106 cm³/mol. The van der Waals surface area contributed by atoms with Crippen LogP contribution in [0.15, 0.2) is 18.2 Å². The fraction of sp³-hybridized carbons (Fsp3) is 0.667. The third-order valence-electron chi connectivity index (χ3n) is 3.84. The molecule has 0 radical (unpaired) electrons. The Bertz CT molecular complexity index is 600. The van der Waals surface area contributed by atoms with Crippen molar-refractivity contribution in [2.75, 3.05) is 35.2 Å². The zero-order valence-corrected chi connectivity index (χ0v) is 20.3. The van der Waals surface area contributed by atoms with Gasteiger partial charge >= 0.3 is 0 Å². The molecule has 1 rings (SSSR count). The highest BCUT2D eigenvalue weighted by Crippen LogP contribution is 2.37. The average Bonchev–Trinajstić information content (AvgIpc) is 2.37. The zero-order chi connectivity index (χ0) is 20.9. The first-order valence-electron chi connectivity index (χ1n) is 8.96. The van der Waals surface area contributed by atoms with Gasteiger partial charge < -0.3 is 41.4 Å². The lowest BCUT2D eigenvalue weighted by Gasteiger charge is -2.33. The van der Waals surface area contributed by atoms with Gasteiger partial charge in [-0.15, -0.1) is 0 Å². The molecule has 0 heterocycles. The second-order valence-corrected chi connectivity index (χ2v) is 10.1. The summed E-state index contributed by atoms with van der Waals surface area (Å²) >= 11 is 0. The van der Waals surface area contributed by atoms with Crippen LogP contribution in [0.4, 0.5) is 4.79 Å². The Morgan fingerprint density at radius 3 is 1.89 bits per heavy atom. The minimum Gasteiger partial charge on any atom is -1.00 e. The molecule has 1 amide bonds. The third kappa shape index (κ3) is 11.9. The van der Waals surface area contributed by atoms with Crippen LogP contribution in [0.3, 0.4) is 0 Å². The van der Waals surface area contributed by atoms with Crippen molar-refractivity contribution < 1.29 is 36.5 Å². The summed E-state index contributed by atoms with van der Waals surface area (Å²) in [6.45, 7) is 12.3. The maximum atomic E-state index is 10.1. The van der Waals surface area contributed by atoms with Crippen molar-refractivity contribution in [3.8, 4) is 5.75 Å². The molecule has 0 spiro atoms. The molecule has 0 aliphatic heterocycles. The van der Waals surface area contributed by atoms with Gasteiger partial charge in [-0.2, -0.15) is 0 Å². The standard InChI is InChI=1S/C18H31NO.C3H7NO2.BrH/c1-17(2,3)13-18(4,5)15-9-10-16(20)14(11-15)12-19(6,7)8;1-4(2)3(5)6;/h9-11H,12-13H2,1-8H3;1-2H3,(H,5,6);1H/p-1. The van der Waals surface area contributed by atoms with Crippen molar-refractivity contribution in [2.45, 2.75) is 53.0 Å². The Morgan fingerprint density at radius 1 is 1.11 bits per heavy atom. The van der Waals surface area contributed by atoms with Gasteiger partial charge in [-0.1, -0.05) is 40.7 Å². The number of nitrogens with zero attached hydrogens (tertiary/aromatic N) is 2. The number of amides is 1. The summed E-state index contributed by atoms with van der Waals surface area (Å²) in [5.74, 6) is 0.411. The molecule has 5 nitrogen and oxygen atoms in total. The lowest BCUT2D eigenvalue weighted by atomic mass is 9.72. The van der Waals surface area contributed by atoms with E-state index in [9.17, 15) is 15.0 Å². The molecule has 0 aromatic heterocycles. The Kier molecular flexibility index (Phi) is 10.7. The Hall–Kier alpha value is -1.27. The van der Waals surface area contributed by atoms with Crippen molar-refractivity contribution in [1.82, 2.24) is 4.90 Å². The summed E-state index contributed by atoms with van der Waals surface area (Å²) in [5.41, 5.74) is 2.76. The SMILES string of the molecule is CC(C)(C)CC(C)(C)c1ccc(O)c(C[N+](C)(C)C)c1.CN(C)C(=O)[O-].[Br-]. The number of rotatable bonds is 4. The Labute approximate surface area is 176 Å². The van der Waals surface area contributed by atoms with E-state index in [1.54, 1.807) is 0 Å². The summed E-state index contributed by atoms with van der Waals surface area (Å²) in [6.07, 6.45) is -0.0378. The maximum Gasteiger partial charge on any atom is 0.136 e. The number of hydrogen-bond donors (Lipinski definition) is 1. The van der Waals surface area contributed by atoms with Crippen LogP contribution >= 0.6 is 0 Å². The molecule has 1 aromatic rings. The average molecular weight is 446 g/mol. The molecule has 1 N–H and O–H groups in total. The molecule has 0 saturated heterocycles. The lowest BCUT2D eigenvalue weighted by molar-refractivity contribution is -0.884. The molecule has 0 saturated carbocycles. The number of carbonyl (C=O) groups is 1. The highest BCUT2D eigenvalue weighted by atomic mass is 79.9. The van der Waals surface area contributed by atoms with E-state index in [0.717, 1.165) is 27.9 Å². The van der Waals surface area contributed by atoms with Crippen molar-refractivity contribution >= 4 is 6.09 Å². The van der Waals surface area contributed by atoms with Crippen LogP contribution in [0, 0.1) is 5.41 Å². The smallest absolute Gasteiger partial charge is 0.136 e. The number of carboxylic acid groups (broad SMARTS) is 1. The number of hydrogen-bond acceptors (Lipinski definition) is 3. The van der Waals surface area contributed by atoms with Crippen LogP contribution < -0.4 is 22.1 Å². The van der Waals surface area contributed by atoms with Crippen molar-refractivity contribution in [1.29, 1.82) is 0 Å². The number of phenolic OH excluding ortho intramolecular Hbond substituents is 1. The topological polar surface area (TPSA) is 63.6 Å².